The van der Waals surface area contributed by atoms with Crippen molar-refractivity contribution in [1.82, 2.24) is 4.98 Å². The minimum Gasteiger partial charge on any atom is -0.389 e. The van der Waals surface area contributed by atoms with Crippen LogP contribution in [0, 0.1) is 0 Å². The van der Waals surface area contributed by atoms with E-state index in [0.717, 1.165) is 5.00 Å². The minimum atomic E-state index is 0.512. The molecule has 0 unspecified atom stereocenters. The molecule has 0 spiro atoms. The first-order chi connectivity index (χ1) is 6.68. The van der Waals surface area contributed by atoms with Crippen LogP contribution in [0.1, 0.15) is 62.1 Å². The van der Waals surface area contributed by atoms with Crippen molar-refractivity contribution in [3.63, 3.8) is 0 Å². The molecule has 0 amide bonds. The Hall–Kier alpha value is -0.570. The molecule has 2 N–H and O–H groups in total. The highest BCUT2D eigenvalue weighted by Crippen LogP contribution is 2.39. The maximum absolute atomic E-state index is 6.02. The number of aromatic nitrogens is 1. The van der Waals surface area contributed by atoms with Crippen molar-refractivity contribution in [2.24, 2.45) is 0 Å². The summed E-state index contributed by atoms with van der Waals surface area (Å²) in [5, 5.41) is 2.16. The third-order valence-corrected chi connectivity index (χ3v) is 4.13. The van der Waals surface area contributed by atoms with Crippen molar-refractivity contribution in [1.29, 1.82) is 0 Å². The highest BCUT2D eigenvalue weighted by Gasteiger charge is 2.23. The Morgan fingerprint density at radius 1 is 1.36 bits per heavy atom. The molecule has 14 heavy (non-hydrogen) atoms. The van der Waals surface area contributed by atoms with Gasteiger partial charge >= 0.3 is 0 Å². The van der Waals surface area contributed by atoms with Crippen molar-refractivity contribution in [3.05, 3.63) is 10.7 Å². The Balaban J connectivity index is 2.24. The predicted octanol–water partition coefficient (Wildman–Crippen LogP) is 3.51. The summed E-state index contributed by atoms with van der Waals surface area (Å²) in [7, 11) is 0. The predicted molar refractivity (Wildman–Crippen MR) is 61.8 cm³/mol. The number of hydrogen-bond donors (Lipinski definition) is 1. The van der Waals surface area contributed by atoms with Crippen LogP contribution in [0.2, 0.25) is 0 Å². The number of anilines is 1. The molecule has 3 heteroatoms. The minimum absolute atomic E-state index is 0.512. The van der Waals surface area contributed by atoms with Gasteiger partial charge in [-0.05, 0) is 12.8 Å². The van der Waals surface area contributed by atoms with E-state index in [2.05, 4.69) is 18.8 Å². The lowest BCUT2D eigenvalue weighted by molar-refractivity contribution is 0.696. The van der Waals surface area contributed by atoms with Crippen molar-refractivity contribution < 1.29 is 0 Å². The van der Waals surface area contributed by atoms with Crippen LogP contribution in [-0.2, 0) is 0 Å². The molecular formula is C11H18N2S. The number of hydrogen-bond acceptors (Lipinski definition) is 3. The van der Waals surface area contributed by atoms with E-state index >= 15 is 0 Å². The molecule has 1 saturated carbocycles. The fourth-order valence-electron chi connectivity index (χ4n) is 2.10. The average Bonchev–Trinajstić information content (AvgIpc) is 2.71. The summed E-state index contributed by atoms with van der Waals surface area (Å²) in [6.07, 6.45) is 5.26. The molecule has 0 aliphatic heterocycles. The van der Waals surface area contributed by atoms with Gasteiger partial charge in [0.05, 0.1) is 10.7 Å². The van der Waals surface area contributed by atoms with E-state index in [9.17, 15) is 0 Å². The van der Waals surface area contributed by atoms with Gasteiger partial charge < -0.3 is 5.73 Å². The van der Waals surface area contributed by atoms with Gasteiger partial charge in [-0.3, -0.25) is 0 Å². The van der Waals surface area contributed by atoms with E-state index in [1.807, 2.05) is 0 Å². The zero-order valence-corrected chi connectivity index (χ0v) is 9.73. The van der Waals surface area contributed by atoms with Crippen molar-refractivity contribution in [2.45, 2.75) is 51.4 Å². The molecule has 2 nitrogen and oxygen atoms in total. The Morgan fingerprint density at radius 3 is 2.50 bits per heavy atom. The summed E-state index contributed by atoms with van der Waals surface area (Å²) in [4.78, 5) is 4.68. The molecular weight excluding hydrogens is 192 g/mol. The SMILES string of the molecule is CC(C)c1nc(C2CCCC2)c(N)s1. The zero-order valence-electron chi connectivity index (χ0n) is 8.92. The first-order valence-corrected chi connectivity index (χ1v) is 6.26. The zero-order chi connectivity index (χ0) is 10.1. The van der Waals surface area contributed by atoms with E-state index in [1.165, 1.54) is 36.4 Å². The van der Waals surface area contributed by atoms with E-state index in [4.69, 9.17) is 5.73 Å². The largest absolute Gasteiger partial charge is 0.389 e. The van der Waals surface area contributed by atoms with Crippen LogP contribution >= 0.6 is 11.3 Å². The lowest BCUT2D eigenvalue weighted by Gasteiger charge is -2.05. The summed E-state index contributed by atoms with van der Waals surface area (Å²) >= 11 is 1.68. The maximum atomic E-state index is 6.02. The lowest BCUT2D eigenvalue weighted by atomic mass is 10.0. The first kappa shape index (κ1) is 9.97. The molecule has 0 saturated heterocycles. The van der Waals surface area contributed by atoms with Crippen LogP contribution in [-0.4, -0.2) is 4.98 Å². The molecule has 0 atom stereocenters. The van der Waals surface area contributed by atoms with Gasteiger partial charge in [-0.15, -0.1) is 11.3 Å². The van der Waals surface area contributed by atoms with Crippen LogP contribution in [0.5, 0.6) is 0 Å². The number of nitrogens with two attached hydrogens (primary N) is 1. The molecule has 1 aliphatic rings. The molecule has 1 aromatic rings. The van der Waals surface area contributed by atoms with Gasteiger partial charge in [-0.25, -0.2) is 4.98 Å². The van der Waals surface area contributed by atoms with Crippen LogP contribution in [0.4, 0.5) is 5.00 Å². The summed E-state index contributed by atoms with van der Waals surface area (Å²) in [6, 6.07) is 0. The fraction of sp³-hybridized carbons (Fsp3) is 0.727. The van der Waals surface area contributed by atoms with Crippen molar-refractivity contribution in [3.8, 4) is 0 Å². The van der Waals surface area contributed by atoms with Crippen molar-refractivity contribution >= 4 is 16.3 Å². The van der Waals surface area contributed by atoms with Gasteiger partial charge in [0, 0.05) is 11.8 Å². The summed E-state index contributed by atoms with van der Waals surface area (Å²) in [5.41, 5.74) is 7.21. The van der Waals surface area contributed by atoms with E-state index in [0.29, 0.717) is 11.8 Å². The van der Waals surface area contributed by atoms with E-state index in [-0.39, 0.29) is 0 Å². The molecule has 0 bridgehead atoms. The highest BCUT2D eigenvalue weighted by atomic mass is 32.1. The number of nitrogens with zero attached hydrogens (tertiary/aromatic N) is 1. The van der Waals surface area contributed by atoms with Crippen LogP contribution < -0.4 is 5.73 Å². The van der Waals surface area contributed by atoms with Gasteiger partial charge in [-0.2, -0.15) is 0 Å². The van der Waals surface area contributed by atoms with Gasteiger partial charge in [0.15, 0.2) is 0 Å². The third-order valence-electron chi connectivity index (χ3n) is 2.93. The summed E-state index contributed by atoms with van der Waals surface area (Å²) in [5.74, 6) is 1.16. The Morgan fingerprint density at radius 2 is 2.00 bits per heavy atom. The first-order valence-electron chi connectivity index (χ1n) is 5.44. The monoisotopic (exact) mass is 210 g/mol. The molecule has 0 radical (unpaired) electrons. The Labute approximate surface area is 89.5 Å². The quantitative estimate of drug-likeness (QED) is 0.811. The second-order valence-corrected chi connectivity index (χ2v) is 5.50. The van der Waals surface area contributed by atoms with Gasteiger partial charge in [0.1, 0.15) is 5.00 Å². The molecule has 0 aromatic carbocycles. The Bertz CT molecular complexity index is 311. The molecule has 1 aromatic heterocycles. The smallest absolute Gasteiger partial charge is 0.110 e. The van der Waals surface area contributed by atoms with Crippen LogP contribution in [0.15, 0.2) is 0 Å². The standard InChI is InChI=1S/C11H18N2S/c1-7(2)11-13-9(10(12)14-11)8-5-3-4-6-8/h7-8H,3-6,12H2,1-2H3. The fourth-order valence-corrected chi connectivity index (χ4v) is 3.02. The lowest BCUT2D eigenvalue weighted by Crippen LogP contribution is -1.97. The molecule has 1 fully saturated rings. The Kier molecular flexibility index (Phi) is 2.77. The van der Waals surface area contributed by atoms with E-state index < -0.39 is 0 Å². The topological polar surface area (TPSA) is 38.9 Å². The summed E-state index contributed by atoms with van der Waals surface area (Å²) in [6.45, 7) is 4.35. The number of rotatable bonds is 2. The number of thiazole rings is 1. The second-order valence-electron chi connectivity index (χ2n) is 4.44. The van der Waals surface area contributed by atoms with Gasteiger partial charge in [0.2, 0.25) is 0 Å². The summed E-state index contributed by atoms with van der Waals surface area (Å²) < 4.78 is 0. The van der Waals surface area contributed by atoms with Crippen LogP contribution in [0.25, 0.3) is 0 Å². The van der Waals surface area contributed by atoms with Crippen LogP contribution in [0.3, 0.4) is 0 Å². The molecule has 78 valence electrons. The normalized spacial score (nSPS) is 18.2. The van der Waals surface area contributed by atoms with E-state index in [1.54, 1.807) is 11.3 Å². The van der Waals surface area contributed by atoms with Gasteiger partial charge in [0.25, 0.3) is 0 Å². The highest BCUT2D eigenvalue weighted by molar-refractivity contribution is 7.15. The average molecular weight is 210 g/mol. The second kappa shape index (κ2) is 3.89. The molecule has 1 aliphatic carbocycles. The molecule has 1 heterocycles. The molecule has 2 rings (SSSR count). The van der Waals surface area contributed by atoms with Crippen molar-refractivity contribution in [2.75, 3.05) is 5.73 Å². The third kappa shape index (κ3) is 1.78. The number of nitrogen functional groups attached to an aromatic ring is 1. The van der Waals surface area contributed by atoms with Gasteiger partial charge in [-0.1, -0.05) is 26.7 Å². The maximum Gasteiger partial charge on any atom is 0.110 e.